The Hall–Kier alpha value is -0.553. The van der Waals surface area contributed by atoms with Crippen LogP contribution in [0.25, 0.3) is 0 Å². The molecular weight excluding hydrogens is 294 g/mol. The van der Waals surface area contributed by atoms with Gasteiger partial charge in [-0.3, -0.25) is 4.90 Å². The minimum Gasteiger partial charge on any atom is -0.444 e. The average molecular weight is 330 g/mol. The van der Waals surface area contributed by atoms with Gasteiger partial charge in [-0.15, -0.1) is 0 Å². The van der Waals surface area contributed by atoms with Gasteiger partial charge in [-0.2, -0.15) is 0 Å². The Morgan fingerprint density at radius 2 is 1.64 bits per heavy atom. The largest absolute Gasteiger partial charge is 0.444 e. The molecule has 1 aliphatic rings. The lowest BCUT2D eigenvalue weighted by Crippen LogP contribution is -2.42. The van der Waals surface area contributed by atoms with E-state index in [-0.39, 0.29) is 23.2 Å². The fourth-order valence-corrected chi connectivity index (χ4v) is 3.35. The number of carbonyl (C=O) groups excluding carboxylic acids is 1. The zero-order valence-electron chi connectivity index (χ0n) is 16.1. The van der Waals surface area contributed by atoms with Crippen molar-refractivity contribution in [2.75, 3.05) is 6.61 Å². The van der Waals surface area contributed by atoms with Crippen molar-refractivity contribution in [3.8, 4) is 0 Å². The van der Waals surface area contributed by atoms with E-state index < -0.39 is 13.9 Å². The minimum atomic E-state index is -1.78. The second-order valence-corrected chi connectivity index (χ2v) is 14.1. The first-order valence-corrected chi connectivity index (χ1v) is 11.2. The highest BCUT2D eigenvalue weighted by Gasteiger charge is 2.55. The molecule has 2 atom stereocenters. The summed E-state index contributed by atoms with van der Waals surface area (Å²) in [5.74, 6) is 0.417. The summed E-state index contributed by atoms with van der Waals surface area (Å²) < 4.78 is 11.8. The average Bonchev–Trinajstić information content (AvgIpc) is 2.96. The maximum absolute atomic E-state index is 12.3. The van der Waals surface area contributed by atoms with Gasteiger partial charge in [0.25, 0.3) is 0 Å². The zero-order chi connectivity index (χ0) is 17.5. The fourth-order valence-electron chi connectivity index (χ4n) is 2.33. The number of ether oxygens (including phenoxy) is 1. The maximum Gasteiger partial charge on any atom is 0.411 e. The third-order valence-corrected chi connectivity index (χ3v) is 9.19. The smallest absolute Gasteiger partial charge is 0.411 e. The SMILES string of the molecule is CC(C)[C@H]1[C@H](CO[Si](C)(C)C(C)(C)C)N1C(=O)OC(C)(C)C. The normalized spacial score (nSPS) is 23.0. The van der Waals surface area contributed by atoms with Crippen molar-refractivity contribution in [1.82, 2.24) is 4.90 Å². The van der Waals surface area contributed by atoms with E-state index in [1.807, 2.05) is 25.7 Å². The molecule has 22 heavy (non-hydrogen) atoms. The van der Waals surface area contributed by atoms with Crippen LogP contribution in [-0.2, 0) is 9.16 Å². The Balaban J connectivity index is 2.68. The van der Waals surface area contributed by atoms with E-state index >= 15 is 0 Å². The lowest BCUT2D eigenvalue weighted by atomic mass is 10.1. The summed E-state index contributed by atoms with van der Waals surface area (Å²) in [5.41, 5.74) is -0.452. The molecule has 1 saturated heterocycles. The summed E-state index contributed by atoms with van der Waals surface area (Å²) in [6.45, 7) is 21.8. The highest BCUT2D eigenvalue weighted by Crippen LogP contribution is 2.40. The van der Waals surface area contributed by atoms with E-state index in [1.54, 1.807) is 0 Å². The summed E-state index contributed by atoms with van der Waals surface area (Å²) in [5, 5.41) is 0.186. The van der Waals surface area contributed by atoms with Gasteiger partial charge in [-0.25, -0.2) is 4.79 Å². The van der Waals surface area contributed by atoms with E-state index in [9.17, 15) is 4.79 Å². The monoisotopic (exact) mass is 329 g/mol. The topological polar surface area (TPSA) is 38.5 Å². The first-order valence-electron chi connectivity index (χ1n) is 8.32. The third-order valence-electron chi connectivity index (χ3n) is 4.69. The molecule has 1 rings (SSSR count). The van der Waals surface area contributed by atoms with Crippen LogP contribution in [0, 0.1) is 5.92 Å². The number of carbonyl (C=O) groups is 1. The molecule has 1 aliphatic heterocycles. The first-order chi connectivity index (χ1) is 9.67. The molecule has 0 N–H and O–H groups in total. The number of hydrogen-bond acceptors (Lipinski definition) is 3. The molecule has 0 saturated carbocycles. The molecular formula is C17H35NO3Si. The van der Waals surface area contributed by atoms with Crippen molar-refractivity contribution in [3.05, 3.63) is 0 Å². The van der Waals surface area contributed by atoms with Gasteiger partial charge < -0.3 is 9.16 Å². The van der Waals surface area contributed by atoms with Crippen LogP contribution in [0.2, 0.25) is 18.1 Å². The Kier molecular flexibility index (Phi) is 5.45. The van der Waals surface area contributed by atoms with E-state index in [0.717, 1.165) is 0 Å². The van der Waals surface area contributed by atoms with Crippen molar-refractivity contribution in [2.45, 2.75) is 91.2 Å². The highest BCUT2D eigenvalue weighted by atomic mass is 28.4. The van der Waals surface area contributed by atoms with Gasteiger partial charge in [0, 0.05) is 0 Å². The van der Waals surface area contributed by atoms with E-state index in [1.165, 1.54) is 0 Å². The van der Waals surface area contributed by atoms with Crippen LogP contribution >= 0.6 is 0 Å². The number of amides is 1. The van der Waals surface area contributed by atoms with Crippen LogP contribution in [-0.4, -0.2) is 43.6 Å². The van der Waals surface area contributed by atoms with Crippen molar-refractivity contribution in [2.24, 2.45) is 5.92 Å². The standard InChI is InChI=1S/C17H35NO3Si/c1-12(2)14-13(11-20-22(9,10)17(6,7)8)18(14)15(19)21-16(3,4)5/h12-14H,11H2,1-10H3/t13-,14-,18?/m0/s1. The maximum atomic E-state index is 12.3. The fraction of sp³-hybridized carbons (Fsp3) is 0.941. The summed E-state index contributed by atoms with van der Waals surface area (Å²) in [7, 11) is -1.78. The van der Waals surface area contributed by atoms with Crippen LogP contribution < -0.4 is 0 Å². The van der Waals surface area contributed by atoms with Crippen molar-refractivity contribution < 1.29 is 14.0 Å². The second-order valence-electron chi connectivity index (χ2n) is 9.26. The predicted molar refractivity (Wildman–Crippen MR) is 93.6 cm³/mol. The summed E-state index contributed by atoms with van der Waals surface area (Å²) >= 11 is 0. The predicted octanol–water partition coefficient (Wildman–Crippen LogP) is 4.65. The summed E-state index contributed by atoms with van der Waals surface area (Å²) in [6.07, 6.45) is -0.213. The van der Waals surface area contributed by atoms with Gasteiger partial charge in [0.1, 0.15) is 5.60 Å². The summed E-state index contributed by atoms with van der Waals surface area (Å²) in [4.78, 5) is 14.2. The van der Waals surface area contributed by atoms with Crippen LogP contribution in [0.3, 0.4) is 0 Å². The molecule has 0 aromatic heterocycles. The Labute approximate surface area is 137 Å². The molecule has 4 nitrogen and oxygen atoms in total. The number of hydrogen-bond donors (Lipinski definition) is 0. The van der Waals surface area contributed by atoms with Gasteiger partial charge in [0.05, 0.1) is 18.7 Å². The first kappa shape index (κ1) is 19.5. The minimum absolute atomic E-state index is 0.156. The quantitative estimate of drug-likeness (QED) is 0.556. The molecule has 1 fully saturated rings. The van der Waals surface area contributed by atoms with E-state index in [0.29, 0.717) is 12.5 Å². The van der Waals surface area contributed by atoms with Crippen LogP contribution in [0.1, 0.15) is 55.4 Å². The van der Waals surface area contributed by atoms with Gasteiger partial charge in [0.2, 0.25) is 0 Å². The molecule has 130 valence electrons. The van der Waals surface area contributed by atoms with Crippen molar-refractivity contribution in [3.63, 3.8) is 0 Å². The second kappa shape index (κ2) is 6.15. The number of nitrogens with zero attached hydrogens (tertiary/aromatic N) is 1. The van der Waals surface area contributed by atoms with E-state index in [4.69, 9.17) is 9.16 Å². The molecule has 0 aromatic carbocycles. The van der Waals surface area contributed by atoms with Gasteiger partial charge in [0.15, 0.2) is 8.32 Å². The third kappa shape index (κ3) is 4.72. The Morgan fingerprint density at radius 1 is 1.14 bits per heavy atom. The molecule has 5 heteroatoms. The van der Waals surface area contributed by atoms with E-state index in [2.05, 4.69) is 47.7 Å². The molecule has 0 bridgehead atoms. The molecule has 0 radical (unpaired) electrons. The van der Waals surface area contributed by atoms with Crippen LogP contribution in [0.5, 0.6) is 0 Å². The van der Waals surface area contributed by atoms with Crippen molar-refractivity contribution in [1.29, 1.82) is 0 Å². The molecule has 0 spiro atoms. The van der Waals surface area contributed by atoms with Gasteiger partial charge in [-0.1, -0.05) is 34.6 Å². The molecule has 0 aliphatic carbocycles. The lowest BCUT2D eigenvalue weighted by Gasteiger charge is -2.36. The van der Waals surface area contributed by atoms with Gasteiger partial charge in [-0.05, 0) is 44.8 Å². The number of rotatable bonds is 4. The molecule has 1 amide bonds. The summed E-state index contributed by atoms with van der Waals surface area (Å²) in [6, 6.07) is 0.392. The van der Waals surface area contributed by atoms with Crippen molar-refractivity contribution >= 4 is 14.4 Å². The molecule has 1 heterocycles. The van der Waals surface area contributed by atoms with Crippen LogP contribution in [0.4, 0.5) is 4.79 Å². The zero-order valence-corrected chi connectivity index (χ0v) is 17.1. The Bertz CT molecular complexity index is 407. The Morgan fingerprint density at radius 3 is 2.00 bits per heavy atom. The molecule has 0 unspecified atom stereocenters. The van der Waals surface area contributed by atoms with Crippen LogP contribution in [0.15, 0.2) is 0 Å². The molecule has 0 aromatic rings. The van der Waals surface area contributed by atoms with Gasteiger partial charge >= 0.3 is 6.09 Å². The lowest BCUT2D eigenvalue weighted by molar-refractivity contribution is 0.0377. The highest BCUT2D eigenvalue weighted by molar-refractivity contribution is 6.74.